The zero-order valence-corrected chi connectivity index (χ0v) is 11.6. The molecular weight excluding hydrogens is 279 g/mol. The zero-order valence-electron chi connectivity index (χ0n) is 11.6. The second-order valence-electron chi connectivity index (χ2n) is 5.89. The molecule has 8 heteroatoms. The lowest BCUT2D eigenvalue weighted by Gasteiger charge is -2.40. The topological polar surface area (TPSA) is 66.8 Å². The molecule has 0 spiro atoms. The SMILES string of the molecule is CC(C)(C)OC(=O)N1CCCC(C(=O)O)(C(F)(F)F)C1. The van der Waals surface area contributed by atoms with Gasteiger partial charge in [-0.25, -0.2) is 4.79 Å². The first-order valence-corrected chi connectivity index (χ1v) is 6.17. The molecule has 1 fully saturated rings. The molecule has 0 aromatic heterocycles. The maximum absolute atomic E-state index is 13.1. The van der Waals surface area contributed by atoms with Crippen molar-refractivity contribution in [3.63, 3.8) is 0 Å². The Kier molecular flexibility index (Phi) is 4.26. The lowest BCUT2D eigenvalue weighted by molar-refractivity contribution is -0.241. The summed E-state index contributed by atoms with van der Waals surface area (Å²) in [6.07, 6.45) is -6.41. The average molecular weight is 297 g/mol. The number of nitrogens with zero attached hydrogens (tertiary/aromatic N) is 1. The first-order chi connectivity index (χ1) is 8.89. The fraction of sp³-hybridized carbons (Fsp3) is 0.833. The van der Waals surface area contributed by atoms with Gasteiger partial charge in [0.25, 0.3) is 0 Å². The van der Waals surface area contributed by atoms with Crippen LogP contribution in [0.5, 0.6) is 0 Å². The largest absolute Gasteiger partial charge is 0.481 e. The van der Waals surface area contributed by atoms with Gasteiger partial charge in [0.15, 0.2) is 5.41 Å². The predicted molar refractivity (Wildman–Crippen MR) is 63.2 cm³/mol. The highest BCUT2D eigenvalue weighted by Gasteiger charge is 2.62. The Morgan fingerprint density at radius 1 is 1.25 bits per heavy atom. The summed E-state index contributed by atoms with van der Waals surface area (Å²) in [7, 11) is 0. The van der Waals surface area contributed by atoms with Gasteiger partial charge in [0.05, 0.1) is 0 Å². The molecule has 1 atom stereocenters. The molecule has 0 saturated carbocycles. The number of ether oxygens (including phenoxy) is 1. The van der Waals surface area contributed by atoms with Crippen LogP contribution in [0.2, 0.25) is 0 Å². The van der Waals surface area contributed by atoms with Crippen molar-refractivity contribution in [2.75, 3.05) is 13.1 Å². The van der Waals surface area contributed by atoms with E-state index in [0.717, 1.165) is 4.90 Å². The molecule has 0 aromatic rings. The highest BCUT2D eigenvalue weighted by atomic mass is 19.4. The molecule has 5 nitrogen and oxygen atoms in total. The normalized spacial score (nSPS) is 24.4. The molecule has 1 heterocycles. The van der Waals surface area contributed by atoms with Crippen molar-refractivity contribution in [3.05, 3.63) is 0 Å². The Morgan fingerprint density at radius 3 is 2.20 bits per heavy atom. The molecule has 1 N–H and O–H groups in total. The Hall–Kier alpha value is -1.47. The molecule has 1 aliphatic rings. The molecule has 1 aliphatic heterocycles. The third kappa shape index (κ3) is 3.34. The van der Waals surface area contributed by atoms with Crippen molar-refractivity contribution in [2.45, 2.75) is 45.4 Å². The standard InChI is InChI=1S/C12H18F3NO4/c1-10(2,3)20-9(19)16-6-4-5-11(7-16,8(17)18)12(13,14)15/h4-7H2,1-3H3,(H,17,18). The van der Waals surface area contributed by atoms with Crippen molar-refractivity contribution in [3.8, 4) is 0 Å². The van der Waals surface area contributed by atoms with Crippen molar-refractivity contribution < 1.29 is 32.6 Å². The fourth-order valence-electron chi connectivity index (χ4n) is 2.07. The van der Waals surface area contributed by atoms with Gasteiger partial charge in [-0.3, -0.25) is 4.79 Å². The van der Waals surface area contributed by atoms with Gasteiger partial charge in [-0.1, -0.05) is 0 Å². The minimum atomic E-state index is -4.92. The number of piperidine rings is 1. The van der Waals surface area contributed by atoms with Crippen LogP contribution in [0.4, 0.5) is 18.0 Å². The summed E-state index contributed by atoms with van der Waals surface area (Å²) in [5.41, 5.74) is -3.76. The van der Waals surface area contributed by atoms with Crippen LogP contribution >= 0.6 is 0 Å². The Labute approximate surface area is 114 Å². The van der Waals surface area contributed by atoms with Gasteiger partial charge < -0.3 is 14.7 Å². The van der Waals surface area contributed by atoms with Crippen molar-refractivity contribution in [1.82, 2.24) is 4.90 Å². The van der Waals surface area contributed by atoms with E-state index in [1.807, 2.05) is 0 Å². The van der Waals surface area contributed by atoms with Crippen molar-refractivity contribution >= 4 is 12.1 Å². The van der Waals surface area contributed by atoms with Gasteiger partial charge >= 0.3 is 18.2 Å². The number of halogens is 3. The van der Waals surface area contributed by atoms with Crippen molar-refractivity contribution in [2.24, 2.45) is 5.41 Å². The maximum Gasteiger partial charge on any atom is 0.410 e. The number of aliphatic carboxylic acids is 1. The number of carboxylic acid groups (broad SMARTS) is 1. The number of hydrogen-bond donors (Lipinski definition) is 1. The minimum Gasteiger partial charge on any atom is -0.481 e. The molecule has 0 bridgehead atoms. The molecule has 1 amide bonds. The third-order valence-corrected chi connectivity index (χ3v) is 3.10. The second kappa shape index (κ2) is 5.14. The van der Waals surface area contributed by atoms with Crippen LogP contribution in [0.1, 0.15) is 33.6 Å². The summed E-state index contributed by atoms with van der Waals surface area (Å²) in [4.78, 5) is 23.7. The first-order valence-electron chi connectivity index (χ1n) is 6.17. The molecule has 0 aliphatic carbocycles. The smallest absolute Gasteiger partial charge is 0.410 e. The molecular formula is C12H18F3NO4. The molecule has 116 valence electrons. The van der Waals surface area contributed by atoms with Gasteiger partial charge in [0.2, 0.25) is 0 Å². The number of carboxylic acids is 1. The average Bonchev–Trinajstić information content (AvgIpc) is 2.25. The molecule has 20 heavy (non-hydrogen) atoms. The second-order valence-corrected chi connectivity index (χ2v) is 5.89. The molecule has 1 unspecified atom stereocenters. The van der Waals surface area contributed by atoms with Crippen LogP contribution in [0.25, 0.3) is 0 Å². The predicted octanol–water partition coefficient (Wildman–Crippen LogP) is 2.65. The Morgan fingerprint density at radius 2 is 1.80 bits per heavy atom. The summed E-state index contributed by atoms with van der Waals surface area (Å²) in [6.45, 7) is 3.90. The van der Waals surface area contributed by atoms with Crippen molar-refractivity contribution in [1.29, 1.82) is 0 Å². The van der Waals surface area contributed by atoms with Gasteiger partial charge in [-0.05, 0) is 33.6 Å². The van der Waals surface area contributed by atoms with Gasteiger partial charge in [0.1, 0.15) is 5.60 Å². The number of alkyl halides is 3. The number of carbonyl (C=O) groups excluding carboxylic acids is 1. The number of carbonyl (C=O) groups is 2. The number of likely N-dealkylation sites (tertiary alicyclic amines) is 1. The van der Waals surface area contributed by atoms with E-state index in [9.17, 15) is 22.8 Å². The molecule has 1 rings (SSSR count). The zero-order chi connectivity index (χ0) is 15.8. The molecule has 0 aromatic carbocycles. The van der Waals surface area contributed by atoms with E-state index in [0.29, 0.717) is 0 Å². The van der Waals surface area contributed by atoms with Crippen LogP contribution in [-0.4, -0.2) is 46.9 Å². The quantitative estimate of drug-likeness (QED) is 0.808. The highest BCUT2D eigenvalue weighted by molar-refractivity contribution is 5.78. The lowest BCUT2D eigenvalue weighted by Crippen LogP contribution is -2.57. The van der Waals surface area contributed by atoms with E-state index in [4.69, 9.17) is 9.84 Å². The summed E-state index contributed by atoms with van der Waals surface area (Å²) in [5.74, 6) is -1.96. The lowest BCUT2D eigenvalue weighted by atomic mass is 9.79. The summed E-state index contributed by atoms with van der Waals surface area (Å²) < 4.78 is 44.2. The van der Waals surface area contributed by atoms with Gasteiger partial charge in [-0.2, -0.15) is 13.2 Å². The van der Waals surface area contributed by atoms with E-state index < -0.39 is 42.2 Å². The van der Waals surface area contributed by atoms with Crippen LogP contribution in [-0.2, 0) is 9.53 Å². The van der Waals surface area contributed by atoms with Crippen LogP contribution in [0.3, 0.4) is 0 Å². The number of amides is 1. The first kappa shape index (κ1) is 16.6. The maximum atomic E-state index is 13.1. The molecule has 1 saturated heterocycles. The van der Waals surface area contributed by atoms with Gasteiger partial charge in [0, 0.05) is 13.1 Å². The fourth-order valence-corrected chi connectivity index (χ4v) is 2.07. The van der Waals surface area contributed by atoms with E-state index in [2.05, 4.69) is 0 Å². The Bertz CT molecular complexity index is 402. The van der Waals surface area contributed by atoms with Gasteiger partial charge in [-0.15, -0.1) is 0 Å². The minimum absolute atomic E-state index is 0.0367. The Balaban J connectivity index is 2.95. The van der Waals surface area contributed by atoms with Crippen LogP contribution in [0.15, 0.2) is 0 Å². The van der Waals surface area contributed by atoms with Crippen LogP contribution < -0.4 is 0 Å². The van der Waals surface area contributed by atoms with E-state index in [1.165, 1.54) is 0 Å². The summed E-state index contributed by atoms with van der Waals surface area (Å²) >= 11 is 0. The summed E-state index contributed by atoms with van der Waals surface area (Å²) in [6, 6.07) is 0. The molecule has 0 radical (unpaired) electrons. The van der Waals surface area contributed by atoms with Crippen LogP contribution in [0, 0.1) is 5.41 Å². The number of rotatable bonds is 1. The monoisotopic (exact) mass is 297 g/mol. The number of hydrogen-bond acceptors (Lipinski definition) is 3. The highest BCUT2D eigenvalue weighted by Crippen LogP contribution is 2.45. The van der Waals surface area contributed by atoms with E-state index in [-0.39, 0.29) is 13.0 Å². The summed E-state index contributed by atoms with van der Waals surface area (Å²) in [5, 5.41) is 8.96. The van der Waals surface area contributed by atoms with E-state index in [1.54, 1.807) is 20.8 Å². The van der Waals surface area contributed by atoms with E-state index >= 15 is 0 Å². The third-order valence-electron chi connectivity index (χ3n) is 3.10.